The average Bonchev–Trinajstić information content (AvgIpc) is 2.22. The Kier molecular flexibility index (Phi) is 3.42. The summed E-state index contributed by atoms with van der Waals surface area (Å²) in [6.45, 7) is 6.79. The number of aryl methyl sites for hydroxylation is 1. The van der Waals surface area contributed by atoms with Crippen LogP contribution in [0.5, 0.6) is 11.5 Å². The van der Waals surface area contributed by atoms with Crippen LogP contribution in [0.4, 0.5) is 0 Å². The van der Waals surface area contributed by atoms with E-state index in [-0.39, 0.29) is 5.75 Å². The molecule has 0 saturated carbocycles. The minimum Gasteiger partial charge on any atom is -0.507 e. The molecule has 0 aliphatic heterocycles. The van der Waals surface area contributed by atoms with E-state index in [4.69, 9.17) is 9.84 Å². The van der Waals surface area contributed by atoms with Gasteiger partial charge in [0.1, 0.15) is 11.5 Å². The lowest BCUT2D eigenvalue weighted by Gasteiger charge is -2.16. The molecular formula is C12H16O4. The Bertz CT molecular complexity index is 424. The normalized spacial score (nSPS) is 12.2. The second-order valence-corrected chi connectivity index (χ2v) is 3.89. The van der Waals surface area contributed by atoms with Gasteiger partial charge >= 0.3 is 5.97 Å². The van der Waals surface area contributed by atoms with Crippen LogP contribution in [0.1, 0.15) is 23.6 Å². The molecule has 0 radical (unpaired) electrons. The maximum atomic E-state index is 10.7. The van der Waals surface area contributed by atoms with Gasteiger partial charge < -0.3 is 14.9 Å². The molecule has 0 saturated heterocycles. The largest absolute Gasteiger partial charge is 0.507 e. The van der Waals surface area contributed by atoms with Crippen LogP contribution in [-0.2, 0) is 4.79 Å². The Balaban J connectivity index is 3.11. The second kappa shape index (κ2) is 4.43. The Hall–Kier alpha value is -1.71. The molecule has 2 N–H and O–H groups in total. The number of aromatic hydroxyl groups is 1. The maximum Gasteiger partial charge on any atom is 0.344 e. The van der Waals surface area contributed by atoms with Crippen molar-refractivity contribution in [2.45, 2.75) is 33.8 Å². The first kappa shape index (κ1) is 12.4. The van der Waals surface area contributed by atoms with E-state index in [1.807, 2.05) is 0 Å². The van der Waals surface area contributed by atoms with E-state index in [0.29, 0.717) is 16.9 Å². The number of carboxylic acid groups (broad SMARTS) is 1. The van der Waals surface area contributed by atoms with Gasteiger partial charge in [0.05, 0.1) is 0 Å². The maximum absolute atomic E-state index is 10.7. The molecule has 1 atom stereocenters. The quantitative estimate of drug-likeness (QED) is 0.825. The average molecular weight is 224 g/mol. The number of carboxylic acids is 1. The molecule has 0 amide bonds. The van der Waals surface area contributed by atoms with Crippen LogP contribution >= 0.6 is 0 Å². The van der Waals surface area contributed by atoms with E-state index < -0.39 is 12.1 Å². The molecule has 4 nitrogen and oxygen atoms in total. The highest BCUT2D eigenvalue weighted by Crippen LogP contribution is 2.32. The number of carbonyl (C=O) groups is 1. The lowest BCUT2D eigenvalue weighted by Crippen LogP contribution is -2.23. The number of ether oxygens (including phenoxy) is 1. The molecule has 0 heterocycles. The lowest BCUT2D eigenvalue weighted by molar-refractivity contribution is -0.144. The molecule has 88 valence electrons. The van der Waals surface area contributed by atoms with Crippen LogP contribution in [0.3, 0.4) is 0 Å². The third kappa shape index (κ3) is 2.27. The molecule has 0 unspecified atom stereocenters. The zero-order valence-corrected chi connectivity index (χ0v) is 9.87. The van der Waals surface area contributed by atoms with Gasteiger partial charge in [-0.1, -0.05) is 0 Å². The summed E-state index contributed by atoms with van der Waals surface area (Å²) in [5.41, 5.74) is 2.15. The van der Waals surface area contributed by atoms with Crippen LogP contribution in [0, 0.1) is 20.8 Å². The molecule has 1 aromatic rings. The van der Waals surface area contributed by atoms with Crippen molar-refractivity contribution >= 4 is 5.97 Å². The third-order valence-electron chi connectivity index (χ3n) is 2.66. The highest BCUT2D eigenvalue weighted by molar-refractivity contribution is 5.72. The molecule has 0 fully saturated rings. The fourth-order valence-corrected chi connectivity index (χ4v) is 1.39. The van der Waals surface area contributed by atoms with Gasteiger partial charge in [-0.2, -0.15) is 0 Å². The van der Waals surface area contributed by atoms with Crippen molar-refractivity contribution in [3.63, 3.8) is 0 Å². The SMILES string of the molecule is Cc1cc(O[C@H](C)C(=O)O)c(C)c(C)c1O. The van der Waals surface area contributed by atoms with Crippen molar-refractivity contribution in [2.24, 2.45) is 0 Å². The molecule has 4 heteroatoms. The number of hydrogen-bond acceptors (Lipinski definition) is 3. The lowest BCUT2D eigenvalue weighted by atomic mass is 10.0. The predicted molar refractivity (Wildman–Crippen MR) is 60.0 cm³/mol. The Morgan fingerprint density at radius 1 is 1.31 bits per heavy atom. The Labute approximate surface area is 94.5 Å². The fraction of sp³-hybridized carbons (Fsp3) is 0.417. The van der Waals surface area contributed by atoms with E-state index in [2.05, 4.69) is 0 Å². The predicted octanol–water partition coefficient (Wildman–Crippen LogP) is 2.17. The molecule has 0 aromatic heterocycles. The van der Waals surface area contributed by atoms with Gasteiger partial charge in [-0.25, -0.2) is 4.79 Å². The van der Waals surface area contributed by atoms with Gasteiger partial charge in [0.2, 0.25) is 0 Å². The van der Waals surface area contributed by atoms with E-state index in [9.17, 15) is 9.90 Å². The van der Waals surface area contributed by atoms with Crippen LogP contribution < -0.4 is 4.74 Å². The zero-order valence-electron chi connectivity index (χ0n) is 9.87. The summed E-state index contributed by atoms with van der Waals surface area (Å²) >= 11 is 0. The molecule has 16 heavy (non-hydrogen) atoms. The molecule has 1 aromatic carbocycles. The highest BCUT2D eigenvalue weighted by Gasteiger charge is 2.16. The number of benzene rings is 1. The van der Waals surface area contributed by atoms with Gasteiger partial charge in [-0.3, -0.25) is 0 Å². The zero-order chi connectivity index (χ0) is 12.5. The molecule has 1 rings (SSSR count). The number of rotatable bonds is 3. The number of aliphatic carboxylic acids is 1. The topological polar surface area (TPSA) is 66.8 Å². The van der Waals surface area contributed by atoms with Gasteiger partial charge in [0, 0.05) is 0 Å². The van der Waals surface area contributed by atoms with Crippen LogP contribution in [0.2, 0.25) is 0 Å². The summed E-state index contributed by atoms with van der Waals surface area (Å²) in [6, 6.07) is 1.65. The van der Waals surface area contributed by atoms with Crippen molar-refractivity contribution in [1.29, 1.82) is 0 Å². The van der Waals surface area contributed by atoms with Crippen molar-refractivity contribution in [3.05, 3.63) is 22.8 Å². The summed E-state index contributed by atoms with van der Waals surface area (Å²) in [5.74, 6) is -0.279. The van der Waals surface area contributed by atoms with Crippen molar-refractivity contribution in [1.82, 2.24) is 0 Å². The highest BCUT2D eigenvalue weighted by atomic mass is 16.5. The first-order valence-electron chi connectivity index (χ1n) is 5.03. The summed E-state index contributed by atoms with van der Waals surface area (Å²) < 4.78 is 5.31. The number of phenolic OH excluding ortho intramolecular Hbond substituents is 1. The van der Waals surface area contributed by atoms with Crippen LogP contribution in [0.25, 0.3) is 0 Å². The van der Waals surface area contributed by atoms with E-state index in [0.717, 1.165) is 5.56 Å². The van der Waals surface area contributed by atoms with Crippen molar-refractivity contribution in [3.8, 4) is 11.5 Å². The van der Waals surface area contributed by atoms with E-state index >= 15 is 0 Å². The molecule has 0 aliphatic carbocycles. The van der Waals surface area contributed by atoms with E-state index in [1.165, 1.54) is 6.92 Å². The fourth-order valence-electron chi connectivity index (χ4n) is 1.39. The van der Waals surface area contributed by atoms with Crippen molar-refractivity contribution < 1.29 is 19.7 Å². The molecule has 0 aliphatic rings. The smallest absolute Gasteiger partial charge is 0.344 e. The molecular weight excluding hydrogens is 208 g/mol. The third-order valence-corrected chi connectivity index (χ3v) is 2.66. The van der Waals surface area contributed by atoms with E-state index in [1.54, 1.807) is 26.8 Å². The van der Waals surface area contributed by atoms with Crippen LogP contribution in [0.15, 0.2) is 6.07 Å². The van der Waals surface area contributed by atoms with Crippen molar-refractivity contribution in [2.75, 3.05) is 0 Å². The standard InChI is InChI=1S/C12H16O4/c1-6-5-10(16-9(4)12(14)15)7(2)8(3)11(6)13/h5,9,13H,1-4H3,(H,14,15)/t9-/m1/s1. The van der Waals surface area contributed by atoms with Gasteiger partial charge in [0.15, 0.2) is 6.10 Å². The number of hydrogen-bond donors (Lipinski definition) is 2. The number of phenols is 1. The van der Waals surface area contributed by atoms with Gasteiger partial charge in [-0.15, -0.1) is 0 Å². The van der Waals surface area contributed by atoms with Gasteiger partial charge in [0.25, 0.3) is 0 Å². The minimum absolute atomic E-state index is 0.229. The second-order valence-electron chi connectivity index (χ2n) is 3.89. The monoisotopic (exact) mass is 224 g/mol. The first-order valence-corrected chi connectivity index (χ1v) is 5.03. The summed E-state index contributed by atoms with van der Waals surface area (Å²) in [4.78, 5) is 10.7. The summed E-state index contributed by atoms with van der Waals surface area (Å²) in [5, 5.41) is 18.4. The van der Waals surface area contributed by atoms with Gasteiger partial charge in [-0.05, 0) is 50.5 Å². The molecule has 0 spiro atoms. The first-order chi connectivity index (χ1) is 7.34. The Morgan fingerprint density at radius 2 is 1.88 bits per heavy atom. The molecule has 0 bridgehead atoms. The minimum atomic E-state index is -1.01. The van der Waals surface area contributed by atoms with Crippen LogP contribution in [-0.4, -0.2) is 22.3 Å². The summed E-state index contributed by atoms with van der Waals surface area (Å²) in [7, 11) is 0. The summed E-state index contributed by atoms with van der Waals surface area (Å²) in [6.07, 6.45) is -0.901. The Morgan fingerprint density at radius 3 is 2.38 bits per heavy atom.